The molecule has 1 unspecified atom stereocenters. The van der Waals surface area contributed by atoms with Crippen LogP contribution in [0.25, 0.3) is 11.5 Å². The van der Waals surface area contributed by atoms with E-state index in [0.29, 0.717) is 11.1 Å². The number of rotatable bonds is 7. The summed E-state index contributed by atoms with van der Waals surface area (Å²) in [5, 5.41) is 0.705. The average molecular weight is 399 g/mol. The summed E-state index contributed by atoms with van der Waals surface area (Å²) in [5.41, 5.74) is 13.1. The molecule has 2 N–H and O–H groups in total. The smallest absolute Gasteiger partial charge is 0.220 e. The summed E-state index contributed by atoms with van der Waals surface area (Å²) in [6, 6.07) is 4.41. The zero-order valence-corrected chi connectivity index (χ0v) is 18.2. The zero-order chi connectivity index (χ0) is 20.0. The number of nitrogens with two attached hydrogens (primary N) is 1. The molecule has 1 fully saturated rings. The van der Waals surface area contributed by atoms with E-state index < -0.39 is 0 Å². The molecule has 0 amide bonds. The number of aryl methyl sites for hydroxylation is 4. The number of benzene rings is 1. The Morgan fingerprint density at radius 3 is 2.46 bits per heavy atom. The highest BCUT2D eigenvalue weighted by Gasteiger charge is 2.27. The van der Waals surface area contributed by atoms with Gasteiger partial charge in [-0.05, 0) is 76.5 Å². The largest absolute Gasteiger partial charge is 0.330 e. The van der Waals surface area contributed by atoms with Gasteiger partial charge in [-0.25, -0.2) is 4.98 Å². The first-order chi connectivity index (χ1) is 13.4. The number of aromatic nitrogens is 3. The van der Waals surface area contributed by atoms with Crippen molar-refractivity contribution < 1.29 is 0 Å². The van der Waals surface area contributed by atoms with E-state index in [9.17, 15) is 0 Å². The van der Waals surface area contributed by atoms with E-state index in [2.05, 4.69) is 48.8 Å². The molecule has 1 aromatic carbocycles. The van der Waals surface area contributed by atoms with Gasteiger partial charge in [0.15, 0.2) is 0 Å². The summed E-state index contributed by atoms with van der Waals surface area (Å²) < 4.78 is 4.30. The van der Waals surface area contributed by atoms with Crippen LogP contribution in [-0.2, 0) is 6.42 Å². The topological polar surface area (TPSA) is 48.2 Å². The van der Waals surface area contributed by atoms with Crippen LogP contribution in [0.5, 0.6) is 0 Å². The summed E-state index contributed by atoms with van der Waals surface area (Å²) in [5.74, 6) is 2.44. The molecule has 150 valence electrons. The van der Waals surface area contributed by atoms with Gasteiger partial charge in [0.1, 0.15) is 5.15 Å². The van der Waals surface area contributed by atoms with Gasteiger partial charge in [0.25, 0.3) is 0 Å². The van der Waals surface area contributed by atoms with E-state index in [-0.39, 0.29) is 0 Å². The molecule has 0 spiro atoms. The highest BCUT2D eigenvalue weighted by Crippen LogP contribution is 2.38. The lowest BCUT2D eigenvalue weighted by Crippen LogP contribution is -2.13. The third kappa shape index (κ3) is 3.60. The van der Waals surface area contributed by atoms with Crippen LogP contribution in [0.15, 0.2) is 18.3 Å². The molecule has 1 saturated carbocycles. The van der Waals surface area contributed by atoms with Gasteiger partial charge in [-0.1, -0.05) is 42.1 Å². The number of nitrogens with zero attached hydrogens (tertiary/aromatic N) is 3. The number of imidazole rings is 2. The molecular formula is C23H31ClN4. The highest BCUT2D eigenvalue weighted by atomic mass is 35.5. The van der Waals surface area contributed by atoms with E-state index in [4.69, 9.17) is 22.3 Å². The maximum atomic E-state index is 6.73. The SMILES string of the molecule is Cc1cc(C)c(-n2c(Cl)cn3c(CC(CCN)CC4CC4)c(C)nc23)c(C)c1. The maximum absolute atomic E-state index is 6.73. The van der Waals surface area contributed by atoms with Crippen molar-refractivity contribution in [1.29, 1.82) is 0 Å². The van der Waals surface area contributed by atoms with Gasteiger partial charge in [-0.2, -0.15) is 0 Å². The second-order valence-electron chi connectivity index (χ2n) is 8.68. The molecule has 28 heavy (non-hydrogen) atoms. The lowest BCUT2D eigenvalue weighted by Gasteiger charge is -2.15. The minimum absolute atomic E-state index is 0.626. The van der Waals surface area contributed by atoms with Crippen LogP contribution in [0.2, 0.25) is 5.15 Å². The molecule has 0 aliphatic heterocycles. The molecule has 1 aliphatic carbocycles. The summed E-state index contributed by atoms with van der Waals surface area (Å²) in [7, 11) is 0. The van der Waals surface area contributed by atoms with Crippen molar-refractivity contribution in [2.24, 2.45) is 17.6 Å². The van der Waals surface area contributed by atoms with Crippen LogP contribution in [0.1, 0.15) is 53.8 Å². The Bertz CT molecular complexity index is 986. The lowest BCUT2D eigenvalue weighted by atomic mass is 9.93. The molecule has 0 bridgehead atoms. The number of halogens is 1. The van der Waals surface area contributed by atoms with Crippen molar-refractivity contribution >= 4 is 17.4 Å². The average Bonchev–Trinajstić information content (AvgIpc) is 3.31. The lowest BCUT2D eigenvalue weighted by molar-refractivity contribution is 0.423. The van der Waals surface area contributed by atoms with Crippen LogP contribution < -0.4 is 5.73 Å². The van der Waals surface area contributed by atoms with Crippen molar-refractivity contribution in [3.63, 3.8) is 0 Å². The minimum atomic E-state index is 0.626. The zero-order valence-electron chi connectivity index (χ0n) is 17.4. The van der Waals surface area contributed by atoms with Gasteiger partial charge in [0, 0.05) is 11.9 Å². The fourth-order valence-electron chi connectivity index (χ4n) is 4.73. The third-order valence-electron chi connectivity index (χ3n) is 6.12. The number of fused-ring (bicyclic) bond motifs is 1. The Balaban J connectivity index is 1.78. The molecule has 0 radical (unpaired) electrons. The quantitative estimate of drug-likeness (QED) is 0.585. The Morgan fingerprint density at radius 2 is 1.86 bits per heavy atom. The highest BCUT2D eigenvalue weighted by molar-refractivity contribution is 6.30. The summed E-state index contributed by atoms with van der Waals surface area (Å²) >= 11 is 6.73. The first-order valence-corrected chi connectivity index (χ1v) is 10.8. The van der Waals surface area contributed by atoms with Gasteiger partial charge >= 0.3 is 0 Å². The second-order valence-corrected chi connectivity index (χ2v) is 9.06. The molecule has 4 rings (SSSR count). The monoisotopic (exact) mass is 398 g/mol. The van der Waals surface area contributed by atoms with Crippen molar-refractivity contribution in [2.75, 3.05) is 6.54 Å². The van der Waals surface area contributed by atoms with Crippen molar-refractivity contribution in [3.05, 3.63) is 51.6 Å². The summed E-state index contributed by atoms with van der Waals surface area (Å²) in [6.07, 6.45) is 8.18. The maximum Gasteiger partial charge on any atom is 0.220 e. The fourth-order valence-corrected chi connectivity index (χ4v) is 4.99. The van der Waals surface area contributed by atoms with Gasteiger partial charge < -0.3 is 5.73 Å². The molecule has 4 nitrogen and oxygen atoms in total. The van der Waals surface area contributed by atoms with E-state index in [1.165, 1.54) is 41.6 Å². The molecular weight excluding hydrogens is 368 g/mol. The van der Waals surface area contributed by atoms with Crippen molar-refractivity contribution in [1.82, 2.24) is 14.0 Å². The van der Waals surface area contributed by atoms with E-state index in [1.54, 1.807) is 0 Å². The van der Waals surface area contributed by atoms with Crippen LogP contribution in [0, 0.1) is 39.5 Å². The summed E-state index contributed by atoms with van der Waals surface area (Å²) in [4.78, 5) is 4.93. The molecule has 0 saturated heterocycles. The Morgan fingerprint density at radius 1 is 1.18 bits per heavy atom. The predicted molar refractivity (Wildman–Crippen MR) is 117 cm³/mol. The number of hydrogen-bond acceptors (Lipinski definition) is 2. The minimum Gasteiger partial charge on any atom is -0.330 e. The van der Waals surface area contributed by atoms with Crippen LogP contribution in [-0.4, -0.2) is 20.5 Å². The van der Waals surface area contributed by atoms with E-state index in [0.717, 1.165) is 42.5 Å². The second kappa shape index (κ2) is 7.57. The van der Waals surface area contributed by atoms with Gasteiger partial charge in [0.2, 0.25) is 5.78 Å². The molecule has 1 atom stereocenters. The molecule has 2 aromatic heterocycles. The van der Waals surface area contributed by atoms with Crippen LogP contribution in [0.3, 0.4) is 0 Å². The third-order valence-corrected chi connectivity index (χ3v) is 6.39. The first kappa shape index (κ1) is 19.5. The van der Waals surface area contributed by atoms with E-state index >= 15 is 0 Å². The van der Waals surface area contributed by atoms with Crippen LogP contribution in [0.4, 0.5) is 0 Å². The first-order valence-electron chi connectivity index (χ1n) is 10.4. The normalized spacial score (nSPS) is 15.5. The molecule has 2 heterocycles. The predicted octanol–water partition coefficient (Wildman–Crippen LogP) is 5.32. The van der Waals surface area contributed by atoms with Gasteiger partial charge in [-0.15, -0.1) is 0 Å². The number of hydrogen-bond donors (Lipinski definition) is 1. The Kier molecular flexibility index (Phi) is 5.28. The fraction of sp³-hybridized carbons (Fsp3) is 0.522. The summed E-state index contributed by atoms with van der Waals surface area (Å²) in [6.45, 7) is 9.29. The molecule has 3 aromatic rings. The van der Waals surface area contributed by atoms with Crippen molar-refractivity contribution in [3.8, 4) is 5.69 Å². The standard InChI is InChI=1S/C23H31ClN4/c1-14-9-15(2)22(16(3)10-14)28-21(24)13-27-20(17(4)26-23(27)28)12-19(7-8-25)11-18-5-6-18/h9-10,13,18-19H,5-8,11-12,25H2,1-4H3. The van der Waals surface area contributed by atoms with Gasteiger partial charge in [-0.3, -0.25) is 8.97 Å². The van der Waals surface area contributed by atoms with E-state index in [1.807, 2.05) is 6.20 Å². The van der Waals surface area contributed by atoms with Crippen molar-refractivity contribution in [2.45, 2.75) is 59.8 Å². The molecule has 1 aliphatic rings. The Labute approximate surface area is 172 Å². The van der Waals surface area contributed by atoms with Gasteiger partial charge in [0.05, 0.1) is 11.4 Å². The molecule has 5 heteroatoms. The Hall–Kier alpha value is -1.78. The van der Waals surface area contributed by atoms with Crippen LogP contribution >= 0.6 is 11.6 Å².